The van der Waals surface area contributed by atoms with Crippen molar-refractivity contribution in [3.63, 3.8) is 0 Å². The van der Waals surface area contributed by atoms with Crippen molar-refractivity contribution in [3.05, 3.63) is 47.3 Å². The molecule has 0 fully saturated rings. The maximum Gasteiger partial charge on any atom is 0.307 e. The number of hydrogen-bond donors (Lipinski definition) is 2. The van der Waals surface area contributed by atoms with E-state index in [1.165, 1.54) is 84.0 Å². The SMILES string of the molecule is C=C(C)[C@@H]1C(OC(C)=O)=C[C@@H](C)[C@@]2(O)[C@H]1C=C(COC(=O)CCCCCCCCCCCCCCCCC)C[C@]1(O)C(=O)C(C)=C[C@@H]21. The molecule has 47 heavy (non-hydrogen) atoms. The van der Waals surface area contributed by atoms with Crippen LogP contribution in [0.3, 0.4) is 0 Å². The quantitative estimate of drug-likeness (QED) is 0.0768. The molecule has 3 aliphatic carbocycles. The van der Waals surface area contributed by atoms with Crippen molar-refractivity contribution < 1.29 is 34.1 Å². The number of fused-ring (bicyclic) bond motifs is 3. The van der Waals surface area contributed by atoms with Crippen LogP contribution in [0.4, 0.5) is 0 Å². The Kier molecular flexibility index (Phi) is 15.2. The molecule has 0 spiro atoms. The first-order valence-corrected chi connectivity index (χ1v) is 18.4. The number of Topliss-reactive ketones (excluding diaryl/α,β-unsaturated/α-hetero) is 1. The van der Waals surface area contributed by atoms with E-state index >= 15 is 0 Å². The van der Waals surface area contributed by atoms with Gasteiger partial charge >= 0.3 is 11.9 Å². The number of ether oxygens (including phenoxy) is 2. The topological polar surface area (TPSA) is 110 Å². The first-order chi connectivity index (χ1) is 22.4. The molecular formula is C40H62O7. The monoisotopic (exact) mass is 654 g/mol. The predicted octanol–water partition coefficient (Wildman–Crippen LogP) is 8.63. The van der Waals surface area contributed by atoms with Crippen LogP contribution in [0.1, 0.15) is 144 Å². The maximum atomic E-state index is 13.3. The van der Waals surface area contributed by atoms with Gasteiger partial charge in [-0.2, -0.15) is 0 Å². The van der Waals surface area contributed by atoms with Gasteiger partial charge in [0.2, 0.25) is 0 Å². The zero-order chi connectivity index (χ0) is 34.6. The minimum Gasteiger partial charge on any atom is -0.461 e. The number of carbonyl (C=O) groups excluding carboxylic acids is 3. The molecule has 6 atom stereocenters. The summed E-state index contributed by atoms with van der Waals surface area (Å²) in [4.78, 5) is 38.1. The molecule has 0 radical (unpaired) electrons. The van der Waals surface area contributed by atoms with Crippen LogP contribution < -0.4 is 0 Å². The lowest BCUT2D eigenvalue weighted by Crippen LogP contribution is -2.60. The van der Waals surface area contributed by atoms with E-state index in [0.29, 0.717) is 28.9 Å². The van der Waals surface area contributed by atoms with Gasteiger partial charge in [0.05, 0.1) is 5.60 Å². The number of esters is 2. The molecule has 3 aliphatic rings. The van der Waals surface area contributed by atoms with E-state index in [0.717, 1.165) is 19.3 Å². The van der Waals surface area contributed by atoms with E-state index in [9.17, 15) is 24.6 Å². The lowest BCUT2D eigenvalue weighted by Gasteiger charge is -2.50. The second-order valence-electron chi connectivity index (χ2n) is 14.6. The second-order valence-corrected chi connectivity index (χ2v) is 14.6. The molecule has 0 aromatic carbocycles. The maximum absolute atomic E-state index is 13.3. The Balaban J connectivity index is 1.52. The van der Waals surface area contributed by atoms with Crippen LogP contribution in [0.2, 0.25) is 0 Å². The number of rotatable bonds is 20. The molecule has 7 heteroatoms. The first kappa shape index (κ1) is 38.9. The van der Waals surface area contributed by atoms with E-state index < -0.39 is 46.6 Å². The van der Waals surface area contributed by atoms with E-state index in [4.69, 9.17) is 9.47 Å². The van der Waals surface area contributed by atoms with Crippen molar-refractivity contribution in [3.8, 4) is 0 Å². The third kappa shape index (κ3) is 10.0. The third-order valence-corrected chi connectivity index (χ3v) is 10.6. The minimum absolute atomic E-state index is 0.0616. The number of unbranched alkanes of at least 4 members (excludes halogenated alkanes) is 14. The summed E-state index contributed by atoms with van der Waals surface area (Å²) in [6.45, 7) is 12.9. The average molecular weight is 655 g/mol. The first-order valence-electron chi connectivity index (χ1n) is 18.4. The molecule has 264 valence electrons. The fraction of sp³-hybridized carbons (Fsp3) is 0.725. The molecule has 0 bridgehead atoms. The molecule has 3 rings (SSSR count). The third-order valence-electron chi connectivity index (χ3n) is 10.6. The summed E-state index contributed by atoms with van der Waals surface area (Å²) < 4.78 is 11.3. The fourth-order valence-electron chi connectivity index (χ4n) is 8.06. The van der Waals surface area contributed by atoms with E-state index in [-0.39, 0.29) is 19.0 Å². The van der Waals surface area contributed by atoms with Crippen molar-refractivity contribution in [1.82, 2.24) is 0 Å². The summed E-state index contributed by atoms with van der Waals surface area (Å²) in [5.41, 5.74) is -1.83. The smallest absolute Gasteiger partial charge is 0.307 e. The van der Waals surface area contributed by atoms with Gasteiger partial charge in [-0.05, 0) is 37.5 Å². The number of ketones is 1. The van der Waals surface area contributed by atoms with E-state index in [1.54, 1.807) is 32.9 Å². The molecule has 0 saturated heterocycles. The lowest BCUT2D eigenvalue weighted by molar-refractivity contribution is -0.163. The Morgan fingerprint density at radius 2 is 1.40 bits per heavy atom. The van der Waals surface area contributed by atoms with Gasteiger partial charge in [0.25, 0.3) is 0 Å². The summed E-state index contributed by atoms with van der Waals surface area (Å²) in [7, 11) is 0. The van der Waals surface area contributed by atoms with Gasteiger partial charge in [0.1, 0.15) is 18.0 Å². The van der Waals surface area contributed by atoms with Crippen molar-refractivity contribution in [2.45, 2.75) is 155 Å². The van der Waals surface area contributed by atoms with Crippen molar-refractivity contribution in [2.24, 2.45) is 23.7 Å². The minimum atomic E-state index is -1.87. The van der Waals surface area contributed by atoms with Gasteiger partial charge in [-0.3, -0.25) is 14.4 Å². The molecular weight excluding hydrogens is 592 g/mol. The Labute approximate surface area is 283 Å². The van der Waals surface area contributed by atoms with Crippen molar-refractivity contribution >= 4 is 17.7 Å². The van der Waals surface area contributed by atoms with Gasteiger partial charge in [0.15, 0.2) is 5.78 Å². The van der Waals surface area contributed by atoms with Crippen molar-refractivity contribution in [2.75, 3.05) is 6.61 Å². The molecule has 0 aromatic rings. The highest BCUT2D eigenvalue weighted by molar-refractivity contribution is 6.04. The summed E-state index contributed by atoms with van der Waals surface area (Å²) >= 11 is 0. The molecule has 0 unspecified atom stereocenters. The summed E-state index contributed by atoms with van der Waals surface area (Å²) in [5, 5.41) is 24.3. The van der Waals surface area contributed by atoms with Crippen LogP contribution in [-0.4, -0.2) is 45.7 Å². The molecule has 7 nitrogen and oxygen atoms in total. The number of allylic oxidation sites excluding steroid dienone is 1. The van der Waals surface area contributed by atoms with Gasteiger partial charge in [0, 0.05) is 43.4 Å². The van der Waals surface area contributed by atoms with E-state index in [1.807, 2.05) is 6.08 Å². The van der Waals surface area contributed by atoms with Gasteiger partial charge in [-0.25, -0.2) is 0 Å². The fourth-order valence-corrected chi connectivity index (χ4v) is 8.06. The Morgan fingerprint density at radius 3 is 1.91 bits per heavy atom. The molecule has 0 saturated carbocycles. The van der Waals surface area contributed by atoms with Gasteiger partial charge in [-0.1, -0.05) is 128 Å². The molecule has 0 amide bonds. The number of aliphatic hydroxyl groups is 2. The van der Waals surface area contributed by atoms with Crippen LogP contribution in [-0.2, 0) is 23.9 Å². The normalized spacial score (nSPS) is 28.4. The van der Waals surface area contributed by atoms with E-state index in [2.05, 4.69) is 13.5 Å². The lowest BCUT2D eigenvalue weighted by atomic mass is 9.58. The molecule has 0 aromatic heterocycles. The molecule has 2 N–H and O–H groups in total. The molecule has 0 heterocycles. The summed E-state index contributed by atoms with van der Waals surface area (Å²) in [6.07, 6.45) is 24.3. The highest BCUT2D eigenvalue weighted by atomic mass is 16.5. The Hall–Kier alpha value is -2.51. The van der Waals surface area contributed by atoms with Gasteiger partial charge < -0.3 is 19.7 Å². The van der Waals surface area contributed by atoms with Crippen LogP contribution >= 0.6 is 0 Å². The van der Waals surface area contributed by atoms with Crippen LogP contribution in [0.25, 0.3) is 0 Å². The standard InChI is InChI=1S/C40H62O7/c1-7-8-9-10-11-12-13-14-15-16-17-18-19-20-21-22-36(42)46-27-32-25-33-37(28(2)3)34(47-31(6)41)24-30(5)40(33,45)35-23-29(4)38(43)39(35,44)26-32/h23-25,30,33,35,37,44-45H,2,7-22,26-27H2,1,3-6H3/t30-,33+,35-,37+,39-,40-/m1/s1. The average Bonchev–Trinajstić information content (AvgIpc) is 3.17. The highest BCUT2D eigenvalue weighted by Gasteiger charge is 2.64. The summed E-state index contributed by atoms with van der Waals surface area (Å²) in [5.74, 6) is -3.54. The van der Waals surface area contributed by atoms with Crippen LogP contribution in [0.15, 0.2) is 47.3 Å². The zero-order valence-corrected chi connectivity index (χ0v) is 29.9. The highest BCUT2D eigenvalue weighted by Crippen LogP contribution is 2.56. The summed E-state index contributed by atoms with van der Waals surface area (Å²) in [6, 6.07) is 0. The van der Waals surface area contributed by atoms with Crippen LogP contribution in [0, 0.1) is 23.7 Å². The van der Waals surface area contributed by atoms with Crippen LogP contribution in [0.5, 0.6) is 0 Å². The predicted molar refractivity (Wildman–Crippen MR) is 186 cm³/mol. The molecule has 0 aliphatic heterocycles. The number of hydrogen-bond acceptors (Lipinski definition) is 7. The number of carbonyl (C=O) groups is 3. The largest absolute Gasteiger partial charge is 0.461 e. The Morgan fingerprint density at radius 1 is 0.872 bits per heavy atom. The van der Waals surface area contributed by atoms with Crippen molar-refractivity contribution in [1.29, 1.82) is 0 Å². The van der Waals surface area contributed by atoms with Gasteiger partial charge in [-0.15, -0.1) is 0 Å². The Bertz CT molecular complexity index is 1190. The zero-order valence-electron chi connectivity index (χ0n) is 29.9. The second kappa shape index (κ2) is 18.3.